The number of rotatable bonds is 6. The van der Waals surface area contributed by atoms with Gasteiger partial charge in [-0.2, -0.15) is 4.31 Å². The van der Waals surface area contributed by atoms with Crippen LogP contribution < -0.4 is 9.47 Å². The van der Waals surface area contributed by atoms with Gasteiger partial charge in [0, 0.05) is 6.54 Å². The van der Waals surface area contributed by atoms with E-state index in [2.05, 4.69) is 0 Å². The highest BCUT2D eigenvalue weighted by molar-refractivity contribution is 7.90. The Balaban J connectivity index is 1.70. The highest BCUT2D eigenvalue weighted by Crippen LogP contribution is 2.33. The molecule has 6 heteroatoms. The van der Waals surface area contributed by atoms with Crippen molar-refractivity contribution in [2.24, 2.45) is 0 Å². The van der Waals surface area contributed by atoms with Gasteiger partial charge in [0.15, 0.2) is 11.5 Å². The highest BCUT2D eigenvalue weighted by Gasteiger charge is 2.41. The fraction of sp³-hybridized carbons (Fsp3) is 0.600. The van der Waals surface area contributed by atoms with Crippen molar-refractivity contribution in [1.82, 2.24) is 4.31 Å². The number of nitrogens with zero attached hydrogens (tertiary/aromatic N) is 1. The van der Waals surface area contributed by atoms with Gasteiger partial charge in [-0.3, -0.25) is 0 Å². The summed E-state index contributed by atoms with van der Waals surface area (Å²) >= 11 is 0. The molecule has 1 heterocycles. The number of hydrogen-bond donors (Lipinski definition) is 0. The number of hydrogen-bond acceptors (Lipinski definition) is 4. The third kappa shape index (κ3) is 3.16. The zero-order valence-electron chi connectivity index (χ0n) is 12.2. The molecule has 0 radical (unpaired) electrons. The molecule has 1 aliphatic heterocycles. The number of fused-ring (bicyclic) bond motifs is 1. The quantitative estimate of drug-likeness (QED) is 0.806. The van der Waals surface area contributed by atoms with Gasteiger partial charge in [0.25, 0.3) is 0 Å². The summed E-state index contributed by atoms with van der Waals surface area (Å²) in [5, 5.41) is -0.180. The minimum absolute atomic E-state index is 0.180. The Kier molecular flexibility index (Phi) is 4.08. The van der Waals surface area contributed by atoms with Gasteiger partial charge in [-0.1, -0.05) is 19.1 Å². The van der Waals surface area contributed by atoms with Crippen LogP contribution in [0, 0.1) is 0 Å². The fourth-order valence-electron chi connectivity index (χ4n) is 2.53. The van der Waals surface area contributed by atoms with Crippen LogP contribution in [0.4, 0.5) is 0 Å². The second-order valence-electron chi connectivity index (χ2n) is 5.60. The molecule has 1 atom stereocenters. The number of sulfonamides is 1. The molecule has 0 bridgehead atoms. The lowest BCUT2D eigenvalue weighted by molar-refractivity contribution is 0.0763. The molecule has 1 aliphatic carbocycles. The van der Waals surface area contributed by atoms with Gasteiger partial charge in [0.05, 0.1) is 11.8 Å². The minimum Gasteiger partial charge on any atom is -0.486 e. The van der Waals surface area contributed by atoms with E-state index in [0.29, 0.717) is 25.4 Å². The largest absolute Gasteiger partial charge is 0.486 e. The Labute approximate surface area is 125 Å². The fourth-order valence-corrected chi connectivity index (χ4v) is 4.49. The average molecular weight is 311 g/mol. The molecule has 21 heavy (non-hydrogen) atoms. The van der Waals surface area contributed by atoms with E-state index < -0.39 is 10.0 Å². The average Bonchev–Trinajstić information content (AvgIpc) is 3.32. The molecular formula is C15H21NO4S. The van der Waals surface area contributed by atoms with E-state index in [1.807, 2.05) is 31.2 Å². The Morgan fingerprint density at radius 3 is 2.62 bits per heavy atom. The Morgan fingerprint density at radius 2 is 1.95 bits per heavy atom. The molecule has 1 fully saturated rings. The van der Waals surface area contributed by atoms with Gasteiger partial charge in [0.2, 0.25) is 10.0 Å². The number of para-hydroxylation sites is 2. The molecule has 116 valence electrons. The van der Waals surface area contributed by atoms with Crippen molar-refractivity contribution in [2.75, 3.05) is 19.7 Å². The molecule has 0 N–H and O–H groups in total. The van der Waals surface area contributed by atoms with E-state index in [-0.39, 0.29) is 11.4 Å². The van der Waals surface area contributed by atoms with Gasteiger partial charge in [0.1, 0.15) is 12.7 Å². The summed E-state index contributed by atoms with van der Waals surface area (Å²) in [5.74, 6) is 1.41. The lowest BCUT2D eigenvalue weighted by Gasteiger charge is -2.30. The van der Waals surface area contributed by atoms with Crippen LogP contribution in [0.25, 0.3) is 0 Å². The predicted octanol–water partition coefficient (Wildman–Crippen LogP) is 2.03. The molecule has 3 rings (SSSR count). The summed E-state index contributed by atoms with van der Waals surface area (Å²) in [4.78, 5) is 0. The topological polar surface area (TPSA) is 55.8 Å². The van der Waals surface area contributed by atoms with Crippen LogP contribution in [0.1, 0.15) is 26.2 Å². The van der Waals surface area contributed by atoms with Gasteiger partial charge in [-0.15, -0.1) is 0 Å². The van der Waals surface area contributed by atoms with Crippen LogP contribution >= 0.6 is 0 Å². The molecule has 1 saturated carbocycles. The first-order valence-electron chi connectivity index (χ1n) is 7.48. The van der Waals surface area contributed by atoms with E-state index >= 15 is 0 Å². The van der Waals surface area contributed by atoms with E-state index in [0.717, 1.165) is 25.0 Å². The minimum atomic E-state index is -3.17. The van der Waals surface area contributed by atoms with E-state index in [9.17, 15) is 8.42 Å². The summed E-state index contributed by atoms with van der Waals surface area (Å²) in [6, 6.07) is 7.48. The van der Waals surface area contributed by atoms with E-state index in [1.165, 1.54) is 0 Å². The summed E-state index contributed by atoms with van der Waals surface area (Å²) < 4.78 is 38.0. The maximum Gasteiger partial charge on any atom is 0.217 e. The lowest BCUT2D eigenvalue weighted by Crippen LogP contribution is -2.45. The molecule has 0 saturated heterocycles. The van der Waals surface area contributed by atoms with Crippen LogP contribution in [0.3, 0.4) is 0 Å². The van der Waals surface area contributed by atoms with Crippen molar-refractivity contribution in [2.45, 2.75) is 37.5 Å². The molecule has 0 spiro atoms. The smallest absolute Gasteiger partial charge is 0.217 e. The first kappa shape index (κ1) is 14.7. The molecule has 1 aromatic rings. The highest BCUT2D eigenvalue weighted by atomic mass is 32.2. The lowest BCUT2D eigenvalue weighted by atomic mass is 10.2. The van der Waals surface area contributed by atoms with Crippen molar-refractivity contribution >= 4 is 10.0 Å². The van der Waals surface area contributed by atoms with Crippen LogP contribution in [0.2, 0.25) is 0 Å². The number of benzene rings is 1. The first-order chi connectivity index (χ1) is 10.1. The molecule has 1 unspecified atom stereocenters. The summed E-state index contributed by atoms with van der Waals surface area (Å²) in [6.07, 6.45) is 2.12. The predicted molar refractivity (Wildman–Crippen MR) is 80.2 cm³/mol. The SMILES string of the molecule is CCCN(CC1COc2ccccc2O1)S(=O)(=O)C1CC1. The summed E-state index contributed by atoms with van der Waals surface area (Å²) in [6.45, 7) is 3.28. The van der Waals surface area contributed by atoms with Gasteiger partial charge in [-0.05, 0) is 31.4 Å². The maximum absolute atomic E-state index is 12.4. The van der Waals surface area contributed by atoms with Crippen LogP contribution in [0.5, 0.6) is 11.5 Å². The first-order valence-corrected chi connectivity index (χ1v) is 8.99. The zero-order chi connectivity index (χ0) is 14.9. The third-order valence-electron chi connectivity index (χ3n) is 3.75. The molecule has 0 amide bonds. The zero-order valence-corrected chi connectivity index (χ0v) is 13.0. The van der Waals surface area contributed by atoms with Crippen LogP contribution in [-0.2, 0) is 10.0 Å². The van der Waals surface area contributed by atoms with Gasteiger partial charge in [-0.25, -0.2) is 8.42 Å². The van der Waals surface area contributed by atoms with Crippen LogP contribution in [0.15, 0.2) is 24.3 Å². The van der Waals surface area contributed by atoms with Crippen LogP contribution in [-0.4, -0.2) is 43.8 Å². The van der Waals surface area contributed by atoms with Crippen molar-refractivity contribution in [1.29, 1.82) is 0 Å². The summed E-state index contributed by atoms with van der Waals surface area (Å²) in [5.41, 5.74) is 0. The molecule has 5 nitrogen and oxygen atoms in total. The van der Waals surface area contributed by atoms with Crippen molar-refractivity contribution in [3.8, 4) is 11.5 Å². The Morgan fingerprint density at radius 1 is 1.24 bits per heavy atom. The van der Waals surface area contributed by atoms with E-state index in [1.54, 1.807) is 4.31 Å². The normalized spacial score (nSPS) is 21.5. The third-order valence-corrected chi connectivity index (χ3v) is 6.12. The Bertz CT molecular complexity index is 597. The van der Waals surface area contributed by atoms with Gasteiger partial charge >= 0.3 is 0 Å². The second-order valence-corrected chi connectivity index (χ2v) is 7.81. The molecular weight excluding hydrogens is 290 g/mol. The molecule has 0 aromatic heterocycles. The molecule has 1 aromatic carbocycles. The van der Waals surface area contributed by atoms with E-state index in [4.69, 9.17) is 9.47 Å². The van der Waals surface area contributed by atoms with Crippen molar-refractivity contribution in [3.63, 3.8) is 0 Å². The second kappa shape index (κ2) is 5.85. The maximum atomic E-state index is 12.4. The molecule has 2 aliphatic rings. The summed E-state index contributed by atoms with van der Waals surface area (Å²) in [7, 11) is -3.17. The van der Waals surface area contributed by atoms with Gasteiger partial charge < -0.3 is 9.47 Å². The standard InChI is InChI=1S/C15H21NO4S/c1-2-9-16(21(17,18)13-7-8-13)10-12-11-19-14-5-3-4-6-15(14)20-12/h3-6,12-13H,2,7-11H2,1H3. The monoisotopic (exact) mass is 311 g/mol. The van der Waals surface area contributed by atoms with Crippen molar-refractivity contribution < 1.29 is 17.9 Å². The van der Waals surface area contributed by atoms with Crippen molar-refractivity contribution in [3.05, 3.63) is 24.3 Å². The number of ether oxygens (including phenoxy) is 2. The Hall–Kier alpha value is -1.27.